The third kappa shape index (κ3) is 4.74. The van der Waals surface area contributed by atoms with E-state index >= 15 is 0 Å². The van der Waals surface area contributed by atoms with E-state index in [4.69, 9.17) is 17.3 Å². The quantitative estimate of drug-likeness (QED) is 0.909. The first-order valence-corrected chi connectivity index (χ1v) is 7.75. The number of hydrogen-bond acceptors (Lipinski definition) is 2. The largest absolute Gasteiger partial charge is 0.370 e. The zero-order chi connectivity index (χ0) is 15.2. The van der Waals surface area contributed by atoms with E-state index in [0.717, 1.165) is 24.9 Å². The first-order chi connectivity index (χ1) is 10.1. The van der Waals surface area contributed by atoms with Gasteiger partial charge in [0, 0.05) is 31.0 Å². The van der Waals surface area contributed by atoms with Crippen molar-refractivity contribution in [1.29, 1.82) is 0 Å². The summed E-state index contributed by atoms with van der Waals surface area (Å²) < 4.78 is 0. The Bertz CT molecular complexity index is 519. The Labute approximate surface area is 130 Å². The second kappa shape index (κ2) is 7.46. The minimum Gasteiger partial charge on any atom is -0.370 e. The van der Waals surface area contributed by atoms with E-state index in [1.807, 2.05) is 29.2 Å². The van der Waals surface area contributed by atoms with Crippen LogP contribution in [0.1, 0.15) is 43.6 Å². The Morgan fingerprint density at radius 2 is 2.24 bits per heavy atom. The molecule has 2 N–H and O–H groups in total. The van der Waals surface area contributed by atoms with E-state index in [1.54, 1.807) is 0 Å². The van der Waals surface area contributed by atoms with Crippen molar-refractivity contribution < 1.29 is 9.59 Å². The molecule has 1 heterocycles. The number of likely N-dealkylation sites (tertiary alicyclic amines) is 1. The summed E-state index contributed by atoms with van der Waals surface area (Å²) in [5.41, 5.74) is 6.27. The van der Waals surface area contributed by atoms with Gasteiger partial charge in [-0.15, -0.1) is 0 Å². The lowest BCUT2D eigenvalue weighted by Crippen LogP contribution is -2.32. The molecule has 0 spiro atoms. The molecular formula is C16H21ClN2O2. The van der Waals surface area contributed by atoms with Gasteiger partial charge in [0.15, 0.2) is 0 Å². The van der Waals surface area contributed by atoms with E-state index in [0.29, 0.717) is 30.8 Å². The van der Waals surface area contributed by atoms with Crippen molar-refractivity contribution in [2.24, 2.45) is 5.73 Å². The van der Waals surface area contributed by atoms with Crippen molar-refractivity contribution >= 4 is 23.4 Å². The molecule has 0 aliphatic carbocycles. The average Bonchev–Trinajstić information content (AvgIpc) is 2.61. The molecule has 1 aromatic carbocycles. The van der Waals surface area contributed by atoms with E-state index in [-0.39, 0.29) is 17.7 Å². The Balaban J connectivity index is 1.95. The molecule has 5 heteroatoms. The van der Waals surface area contributed by atoms with Crippen LogP contribution in [-0.4, -0.2) is 29.8 Å². The molecular weight excluding hydrogens is 288 g/mol. The number of amides is 2. The molecule has 114 valence electrons. The Morgan fingerprint density at radius 3 is 2.95 bits per heavy atom. The van der Waals surface area contributed by atoms with Crippen LogP contribution >= 0.6 is 11.6 Å². The molecule has 1 atom stereocenters. The van der Waals surface area contributed by atoms with Gasteiger partial charge in [-0.1, -0.05) is 23.7 Å². The van der Waals surface area contributed by atoms with Gasteiger partial charge in [0.05, 0.1) is 0 Å². The van der Waals surface area contributed by atoms with E-state index in [2.05, 4.69) is 0 Å². The van der Waals surface area contributed by atoms with Crippen LogP contribution in [0.3, 0.4) is 0 Å². The molecule has 4 nitrogen and oxygen atoms in total. The smallest absolute Gasteiger partial charge is 0.223 e. The van der Waals surface area contributed by atoms with E-state index < -0.39 is 0 Å². The Morgan fingerprint density at radius 1 is 1.43 bits per heavy atom. The minimum atomic E-state index is -0.311. The predicted octanol–water partition coefficient (Wildman–Crippen LogP) is 2.70. The number of rotatable bonds is 5. The molecule has 1 fully saturated rings. The van der Waals surface area contributed by atoms with Gasteiger partial charge in [-0.25, -0.2) is 0 Å². The fourth-order valence-corrected chi connectivity index (χ4v) is 3.02. The van der Waals surface area contributed by atoms with Crippen LogP contribution in [0.25, 0.3) is 0 Å². The lowest BCUT2D eigenvalue weighted by atomic mass is 9.92. The summed E-state index contributed by atoms with van der Waals surface area (Å²) in [6.07, 6.45) is 3.44. The van der Waals surface area contributed by atoms with E-state index in [9.17, 15) is 9.59 Å². The van der Waals surface area contributed by atoms with Crippen LogP contribution in [0.15, 0.2) is 24.3 Å². The molecule has 1 aliphatic rings. The molecule has 0 aromatic heterocycles. The van der Waals surface area contributed by atoms with Gasteiger partial charge in [0.2, 0.25) is 11.8 Å². The predicted molar refractivity (Wildman–Crippen MR) is 83.1 cm³/mol. The first-order valence-electron chi connectivity index (χ1n) is 7.38. The summed E-state index contributed by atoms with van der Waals surface area (Å²) in [6, 6.07) is 7.76. The number of hydrogen-bond donors (Lipinski definition) is 1. The fourth-order valence-electron chi connectivity index (χ4n) is 2.82. The summed E-state index contributed by atoms with van der Waals surface area (Å²) >= 11 is 6.03. The molecule has 0 radical (unpaired) electrons. The zero-order valence-electron chi connectivity index (χ0n) is 12.1. The normalized spacial score (nSPS) is 19.4. The second-order valence-corrected chi connectivity index (χ2v) is 5.99. The van der Waals surface area contributed by atoms with Crippen molar-refractivity contribution in [2.45, 2.75) is 38.0 Å². The number of carbonyl (C=O) groups excluding carboxylic acids is 2. The van der Waals surface area contributed by atoms with Gasteiger partial charge in [-0.2, -0.15) is 0 Å². The number of carbonyl (C=O) groups is 2. The first kappa shape index (κ1) is 15.8. The lowest BCUT2D eigenvalue weighted by molar-refractivity contribution is -0.131. The monoisotopic (exact) mass is 308 g/mol. The van der Waals surface area contributed by atoms with Crippen LogP contribution in [0.5, 0.6) is 0 Å². The van der Waals surface area contributed by atoms with Crippen LogP contribution in [0.2, 0.25) is 5.02 Å². The van der Waals surface area contributed by atoms with Gasteiger partial charge in [0.25, 0.3) is 0 Å². The third-order valence-corrected chi connectivity index (χ3v) is 4.16. The lowest BCUT2D eigenvalue weighted by Gasteiger charge is -2.20. The molecule has 1 saturated heterocycles. The third-order valence-electron chi connectivity index (χ3n) is 3.93. The topological polar surface area (TPSA) is 63.4 Å². The van der Waals surface area contributed by atoms with Crippen LogP contribution < -0.4 is 5.73 Å². The maximum atomic E-state index is 12.3. The highest BCUT2D eigenvalue weighted by atomic mass is 35.5. The highest BCUT2D eigenvalue weighted by Crippen LogP contribution is 2.30. The maximum absolute atomic E-state index is 12.3. The number of benzene rings is 1. The van der Waals surface area contributed by atoms with Crippen molar-refractivity contribution in [3.8, 4) is 0 Å². The van der Waals surface area contributed by atoms with Crippen LogP contribution in [-0.2, 0) is 9.59 Å². The summed E-state index contributed by atoms with van der Waals surface area (Å²) in [7, 11) is 0. The highest BCUT2D eigenvalue weighted by Gasteiger charge is 2.24. The second-order valence-electron chi connectivity index (χ2n) is 5.55. The van der Waals surface area contributed by atoms with Gasteiger partial charge >= 0.3 is 0 Å². The zero-order valence-corrected chi connectivity index (χ0v) is 12.8. The highest BCUT2D eigenvalue weighted by molar-refractivity contribution is 6.30. The maximum Gasteiger partial charge on any atom is 0.223 e. The SMILES string of the molecule is NC(=O)CCCN1CCCC(c2cccc(Cl)c2)CC1=O. The molecule has 1 unspecified atom stereocenters. The van der Waals surface area contributed by atoms with Crippen molar-refractivity contribution in [2.75, 3.05) is 13.1 Å². The van der Waals surface area contributed by atoms with Gasteiger partial charge in [0.1, 0.15) is 0 Å². The summed E-state index contributed by atoms with van der Waals surface area (Å²) in [5, 5.41) is 0.711. The molecule has 0 bridgehead atoms. The Kier molecular flexibility index (Phi) is 5.62. The molecule has 1 aromatic rings. The van der Waals surface area contributed by atoms with Crippen molar-refractivity contribution in [3.05, 3.63) is 34.9 Å². The molecule has 2 amide bonds. The van der Waals surface area contributed by atoms with Crippen molar-refractivity contribution in [3.63, 3.8) is 0 Å². The summed E-state index contributed by atoms with van der Waals surface area (Å²) in [4.78, 5) is 25.0. The molecule has 21 heavy (non-hydrogen) atoms. The number of nitrogens with two attached hydrogens (primary N) is 1. The van der Waals surface area contributed by atoms with Crippen molar-refractivity contribution in [1.82, 2.24) is 4.90 Å². The molecule has 0 saturated carbocycles. The molecule has 2 rings (SSSR count). The summed E-state index contributed by atoms with van der Waals surface area (Å²) in [5.74, 6) is 0.0772. The van der Waals surface area contributed by atoms with Gasteiger partial charge < -0.3 is 10.6 Å². The Hall–Kier alpha value is -1.55. The van der Waals surface area contributed by atoms with Crippen LogP contribution in [0.4, 0.5) is 0 Å². The fraction of sp³-hybridized carbons (Fsp3) is 0.500. The summed E-state index contributed by atoms with van der Waals surface area (Å²) in [6.45, 7) is 1.37. The number of nitrogens with zero attached hydrogens (tertiary/aromatic N) is 1. The number of primary amides is 1. The van der Waals surface area contributed by atoms with Gasteiger partial charge in [-0.3, -0.25) is 9.59 Å². The minimum absolute atomic E-state index is 0.155. The van der Waals surface area contributed by atoms with E-state index in [1.165, 1.54) is 0 Å². The van der Waals surface area contributed by atoms with Gasteiger partial charge in [-0.05, 0) is 42.9 Å². The average molecular weight is 309 g/mol. The number of halogens is 1. The standard InChI is InChI=1S/C16H21ClN2O2/c17-14-6-1-4-12(10-14)13-5-2-8-19(16(21)11-13)9-3-7-15(18)20/h1,4,6,10,13H,2-3,5,7-9,11H2,(H2,18,20). The van der Waals surface area contributed by atoms with Crippen LogP contribution in [0, 0.1) is 0 Å². The molecule has 1 aliphatic heterocycles.